The fourth-order valence-corrected chi connectivity index (χ4v) is 1.43. The zero-order chi connectivity index (χ0) is 10.8. The molecule has 0 saturated carbocycles. The zero-order valence-electron chi connectivity index (χ0n) is 8.51. The van der Waals surface area contributed by atoms with E-state index < -0.39 is 0 Å². The van der Waals surface area contributed by atoms with Gasteiger partial charge in [0.25, 0.3) is 5.91 Å². The van der Waals surface area contributed by atoms with E-state index in [9.17, 15) is 4.79 Å². The molecular formula is C8H13N5O2. The second kappa shape index (κ2) is 3.85. The lowest BCUT2D eigenvalue weighted by molar-refractivity contribution is 0.0299. The van der Waals surface area contributed by atoms with Crippen LogP contribution in [0.1, 0.15) is 10.5 Å². The molecule has 2 heterocycles. The van der Waals surface area contributed by atoms with Gasteiger partial charge in [0.2, 0.25) is 0 Å². The highest BCUT2D eigenvalue weighted by Crippen LogP contribution is 2.10. The Bertz CT molecular complexity index is 369. The zero-order valence-corrected chi connectivity index (χ0v) is 8.51. The van der Waals surface area contributed by atoms with Gasteiger partial charge >= 0.3 is 0 Å². The van der Waals surface area contributed by atoms with Gasteiger partial charge in [-0.1, -0.05) is 5.21 Å². The topological polar surface area (TPSA) is 86.3 Å². The Hall–Kier alpha value is -1.63. The number of nitrogens with zero attached hydrogens (tertiary/aromatic N) is 4. The molecule has 1 aliphatic heterocycles. The Labute approximate surface area is 86.8 Å². The van der Waals surface area contributed by atoms with E-state index in [0.717, 1.165) is 0 Å². The number of carbonyl (C=O) groups excluding carboxylic acids is 1. The van der Waals surface area contributed by atoms with Crippen molar-refractivity contribution in [2.75, 3.05) is 32.0 Å². The van der Waals surface area contributed by atoms with Crippen LogP contribution < -0.4 is 5.73 Å². The summed E-state index contributed by atoms with van der Waals surface area (Å²) >= 11 is 0. The molecule has 1 aromatic heterocycles. The Morgan fingerprint density at radius 3 is 2.67 bits per heavy atom. The van der Waals surface area contributed by atoms with Crippen LogP contribution in [0.5, 0.6) is 0 Å². The van der Waals surface area contributed by atoms with Gasteiger partial charge in [-0.3, -0.25) is 4.79 Å². The van der Waals surface area contributed by atoms with Crippen LogP contribution >= 0.6 is 0 Å². The Morgan fingerprint density at radius 1 is 1.47 bits per heavy atom. The van der Waals surface area contributed by atoms with Crippen LogP contribution in [-0.4, -0.2) is 52.1 Å². The van der Waals surface area contributed by atoms with Crippen LogP contribution in [0.3, 0.4) is 0 Å². The molecule has 2 rings (SSSR count). The highest BCUT2D eigenvalue weighted by atomic mass is 16.5. The van der Waals surface area contributed by atoms with Crippen molar-refractivity contribution in [3.05, 3.63) is 5.69 Å². The Balaban J connectivity index is 2.16. The molecule has 1 aliphatic rings. The van der Waals surface area contributed by atoms with Gasteiger partial charge in [-0.05, 0) is 0 Å². The van der Waals surface area contributed by atoms with Gasteiger partial charge in [0.1, 0.15) is 0 Å². The summed E-state index contributed by atoms with van der Waals surface area (Å²) in [7, 11) is 1.65. The van der Waals surface area contributed by atoms with Gasteiger partial charge in [-0.2, -0.15) is 0 Å². The van der Waals surface area contributed by atoms with Gasteiger partial charge < -0.3 is 15.4 Å². The number of ether oxygens (including phenoxy) is 1. The van der Waals surface area contributed by atoms with E-state index in [4.69, 9.17) is 10.5 Å². The third kappa shape index (κ3) is 1.78. The molecule has 0 radical (unpaired) electrons. The third-order valence-corrected chi connectivity index (χ3v) is 2.37. The minimum absolute atomic E-state index is 0.177. The van der Waals surface area contributed by atoms with E-state index in [1.807, 2.05) is 0 Å². The van der Waals surface area contributed by atoms with Crippen LogP contribution in [0.2, 0.25) is 0 Å². The average Bonchev–Trinajstić information content (AvgIpc) is 2.60. The van der Waals surface area contributed by atoms with Gasteiger partial charge in [0.05, 0.1) is 13.2 Å². The molecule has 7 nitrogen and oxygen atoms in total. The molecule has 15 heavy (non-hydrogen) atoms. The summed E-state index contributed by atoms with van der Waals surface area (Å²) in [6.45, 7) is 2.28. The summed E-state index contributed by atoms with van der Waals surface area (Å²) in [5.41, 5.74) is 5.89. The monoisotopic (exact) mass is 211 g/mol. The third-order valence-electron chi connectivity index (χ3n) is 2.37. The molecule has 0 atom stereocenters. The largest absolute Gasteiger partial charge is 0.382 e. The number of anilines is 1. The van der Waals surface area contributed by atoms with E-state index in [2.05, 4.69) is 10.3 Å². The summed E-state index contributed by atoms with van der Waals surface area (Å²) in [6, 6.07) is 0. The predicted molar refractivity (Wildman–Crippen MR) is 52.1 cm³/mol. The van der Waals surface area contributed by atoms with Crippen molar-refractivity contribution in [1.29, 1.82) is 0 Å². The van der Waals surface area contributed by atoms with E-state index in [1.165, 1.54) is 4.68 Å². The minimum atomic E-state index is -0.177. The molecule has 0 spiro atoms. The Kier molecular flexibility index (Phi) is 2.55. The first-order valence-corrected chi connectivity index (χ1v) is 4.72. The maximum absolute atomic E-state index is 11.9. The first-order valence-electron chi connectivity index (χ1n) is 4.72. The molecule has 0 aliphatic carbocycles. The van der Waals surface area contributed by atoms with Crippen LogP contribution in [0.25, 0.3) is 0 Å². The number of nitrogen functional groups attached to an aromatic ring is 1. The van der Waals surface area contributed by atoms with E-state index in [0.29, 0.717) is 32.1 Å². The molecule has 82 valence electrons. The van der Waals surface area contributed by atoms with Crippen molar-refractivity contribution in [2.45, 2.75) is 0 Å². The standard InChI is InChI=1S/C8H13N5O2/c1-12-7(9)6(10-11-12)8(14)13-2-4-15-5-3-13/h2-5,9H2,1H3. The number of morpholine rings is 1. The molecule has 0 aromatic carbocycles. The van der Waals surface area contributed by atoms with E-state index in [1.54, 1.807) is 11.9 Å². The summed E-state index contributed by atoms with van der Waals surface area (Å²) in [4.78, 5) is 13.6. The summed E-state index contributed by atoms with van der Waals surface area (Å²) < 4.78 is 6.54. The van der Waals surface area contributed by atoms with Crippen LogP contribution in [-0.2, 0) is 11.8 Å². The number of aromatic nitrogens is 3. The lowest BCUT2D eigenvalue weighted by Crippen LogP contribution is -2.41. The molecule has 1 amide bonds. The second-order valence-corrected chi connectivity index (χ2v) is 3.35. The van der Waals surface area contributed by atoms with Gasteiger partial charge in [-0.15, -0.1) is 5.10 Å². The fourth-order valence-electron chi connectivity index (χ4n) is 1.43. The van der Waals surface area contributed by atoms with Gasteiger partial charge in [-0.25, -0.2) is 4.68 Å². The molecule has 0 bridgehead atoms. The number of hydrogen-bond donors (Lipinski definition) is 1. The number of carbonyl (C=O) groups is 1. The highest BCUT2D eigenvalue weighted by Gasteiger charge is 2.23. The van der Waals surface area contributed by atoms with Crippen molar-refractivity contribution in [2.24, 2.45) is 7.05 Å². The second-order valence-electron chi connectivity index (χ2n) is 3.35. The van der Waals surface area contributed by atoms with E-state index >= 15 is 0 Å². The molecule has 1 fully saturated rings. The molecular weight excluding hydrogens is 198 g/mol. The maximum atomic E-state index is 11.9. The SMILES string of the molecule is Cn1nnc(C(=O)N2CCOCC2)c1N. The first-order chi connectivity index (χ1) is 7.20. The van der Waals surface area contributed by atoms with Crippen molar-refractivity contribution >= 4 is 11.7 Å². The number of rotatable bonds is 1. The number of nitrogens with two attached hydrogens (primary N) is 1. The van der Waals surface area contributed by atoms with Crippen molar-refractivity contribution in [1.82, 2.24) is 19.9 Å². The average molecular weight is 211 g/mol. The number of aryl methyl sites for hydroxylation is 1. The smallest absolute Gasteiger partial charge is 0.278 e. The molecule has 1 aromatic rings. The molecule has 2 N–H and O–H groups in total. The van der Waals surface area contributed by atoms with Crippen LogP contribution in [0.4, 0.5) is 5.82 Å². The van der Waals surface area contributed by atoms with Crippen LogP contribution in [0.15, 0.2) is 0 Å². The number of amides is 1. The predicted octanol–water partition coefficient (Wildman–Crippen LogP) is -1.13. The molecule has 7 heteroatoms. The number of hydrogen-bond acceptors (Lipinski definition) is 5. The lowest BCUT2D eigenvalue weighted by atomic mass is 10.3. The van der Waals surface area contributed by atoms with Crippen LogP contribution in [0, 0.1) is 0 Å². The summed E-state index contributed by atoms with van der Waals surface area (Å²) in [6.07, 6.45) is 0. The van der Waals surface area contributed by atoms with Crippen molar-refractivity contribution in [3.8, 4) is 0 Å². The Morgan fingerprint density at radius 2 is 2.13 bits per heavy atom. The lowest BCUT2D eigenvalue weighted by Gasteiger charge is -2.25. The van der Waals surface area contributed by atoms with E-state index in [-0.39, 0.29) is 11.6 Å². The normalized spacial score (nSPS) is 16.7. The molecule has 0 unspecified atom stereocenters. The van der Waals surface area contributed by atoms with Gasteiger partial charge in [0, 0.05) is 20.1 Å². The highest BCUT2D eigenvalue weighted by molar-refractivity contribution is 5.96. The van der Waals surface area contributed by atoms with Crippen molar-refractivity contribution in [3.63, 3.8) is 0 Å². The quantitative estimate of drug-likeness (QED) is 0.635. The minimum Gasteiger partial charge on any atom is -0.382 e. The van der Waals surface area contributed by atoms with Crippen molar-refractivity contribution < 1.29 is 9.53 Å². The fraction of sp³-hybridized carbons (Fsp3) is 0.625. The van der Waals surface area contributed by atoms with Gasteiger partial charge in [0.15, 0.2) is 11.5 Å². The maximum Gasteiger partial charge on any atom is 0.278 e. The molecule has 1 saturated heterocycles. The summed E-state index contributed by atoms with van der Waals surface area (Å²) in [5, 5.41) is 7.44. The first kappa shape index (κ1) is 9.91. The summed E-state index contributed by atoms with van der Waals surface area (Å²) in [5.74, 6) is 0.121.